The van der Waals surface area contributed by atoms with Gasteiger partial charge in [-0.3, -0.25) is 9.59 Å². The number of alkyl halides is 5. The van der Waals surface area contributed by atoms with Crippen LogP contribution in [-0.4, -0.2) is 31.5 Å². The van der Waals surface area contributed by atoms with E-state index in [4.69, 9.17) is 0 Å². The molecule has 0 spiro atoms. The monoisotopic (exact) mass is 416 g/mol. The Labute approximate surface area is 162 Å². The van der Waals surface area contributed by atoms with Crippen LogP contribution in [0.2, 0.25) is 0 Å². The zero-order chi connectivity index (χ0) is 21.4. The first kappa shape index (κ1) is 22.1. The minimum absolute atomic E-state index is 0.00286. The summed E-state index contributed by atoms with van der Waals surface area (Å²) in [5.41, 5.74) is -0.0989. The fourth-order valence-electron chi connectivity index (χ4n) is 2.32. The summed E-state index contributed by atoms with van der Waals surface area (Å²) in [5.74, 6) is -1.13. The van der Waals surface area contributed by atoms with E-state index in [9.17, 15) is 31.5 Å². The summed E-state index contributed by atoms with van der Waals surface area (Å²) in [6, 6.07) is 9.54. The van der Waals surface area contributed by atoms with Crippen LogP contribution in [0.3, 0.4) is 0 Å². The summed E-state index contributed by atoms with van der Waals surface area (Å²) in [6.07, 6.45) is -4.07. The second-order valence-corrected chi connectivity index (χ2v) is 5.88. The number of carbonyl (C=O) groups excluding carboxylic acids is 2. The molecule has 10 heteroatoms. The van der Waals surface area contributed by atoms with Crippen LogP contribution >= 0.6 is 0 Å². The Hall–Kier alpha value is -3.17. The molecule has 0 saturated carbocycles. The van der Waals surface area contributed by atoms with Gasteiger partial charge >= 0.3 is 12.8 Å². The molecule has 0 unspecified atom stereocenters. The van der Waals surface area contributed by atoms with Crippen molar-refractivity contribution in [2.45, 2.75) is 19.2 Å². The number of amides is 2. The summed E-state index contributed by atoms with van der Waals surface area (Å²) in [7, 11) is 0. The normalized spacial score (nSPS) is 11.2. The lowest BCUT2D eigenvalue weighted by Gasteiger charge is -2.09. The molecular weight excluding hydrogens is 399 g/mol. The smallest absolute Gasteiger partial charge is 0.416 e. The molecule has 156 valence electrons. The van der Waals surface area contributed by atoms with Gasteiger partial charge in [0.05, 0.1) is 12.1 Å². The quantitative estimate of drug-likeness (QED) is 0.649. The Morgan fingerprint density at radius 3 is 2.10 bits per heavy atom. The van der Waals surface area contributed by atoms with Gasteiger partial charge in [0, 0.05) is 12.1 Å². The Bertz CT molecular complexity index is 821. The largest absolute Gasteiger partial charge is 0.435 e. The van der Waals surface area contributed by atoms with Gasteiger partial charge in [-0.25, -0.2) is 0 Å². The first-order valence-electron chi connectivity index (χ1n) is 8.41. The summed E-state index contributed by atoms with van der Waals surface area (Å²) in [4.78, 5) is 23.6. The number of ether oxygens (including phenoxy) is 1. The van der Waals surface area contributed by atoms with Crippen molar-refractivity contribution in [2.24, 2.45) is 0 Å². The zero-order valence-electron chi connectivity index (χ0n) is 14.9. The van der Waals surface area contributed by atoms with Crippen LogP contribution in [0.25, 0.3) is 0 Å². The molecule has 2 rings (SSSR count). The fourth-order valence-corrected chi connectivity index (χ4v) is 2.32. The van der Waals surface area contributed by atoms with Crippen molar-refractivity contribution in [1.82, 2.24) is 10.6 Å². The van der Waals surface area contributed by atoms with E-state index >= 15 is 0 Å². The lowest BCUT2D eigenvalue weighted by Crippen LogP contribution is -2.37. The van der Waals surface area contributed by atoms with Gasteiger partial charge in [0.1, 0.15) is 5.75 Å². The average molecular weight is 416 g/mol. The van der Waals surface area contributed by atoms with Gasteiger partial charge in [-0.05, 0) is 48.4 Å². The molecule has 2 N–H and O–H groups in total. The van der Waals surface area contributed by atoms with Gasteiger partial charge in [0.2, 0.25) is 5.91 Å². The number of benzene rings is 2. The second kappa shape index (κ2) is 9.85. The number of halogens is 5. The van der Waals surface area contributed by atoms with Crippen LogP contribution in [0.4, 0.5) is 22.0 Å². The maximum absolute atomic E-state index is 12.5. The van der Waals surface area contributed by atoms with E-state index in [1.807, 2.05) is 0 Å². The third-order valence-corrected chi connectivity index (χ3v) is 3.77. The number of carbonyl (C=O) groups is 2. The molecule has 0 saturated heterocycles. The SMILES string of the molecule is O=C(CNC(=O)c1ccc(C(F)(F)F)cc1)NCCc1ccc(OC(F)F)cc1. The van der Waals surface area contributed by atoms with Crippen molar-refractivity contribution >= 4 is 11.8 Å². The summed E-state index contributed by atoms with van der Waals surface area (Å²) < 4.78 is 65.9. The minimum Gasteiger partial charge on any atom is -0.435 e. The van der Waals surface area contributed by atoms with Crippen molar-refractivity contribution in [1.29, 1.82) is 0 Å². The Balaban J connectivity index is 1.72. The van der Waals surface area contributed by atoms with Crippen LogP contribution in [0.1, 0.15) is 21.5 Å². The van der Waals surface area contributed by atoms with Gasteiger partial charge in [-0.15, -0.1) is 0 Å². The van der Waals surface area contributed by atoms with Crippen LogP contribution < -0.4 is 15.4 Å². The second-order valence-electron chi connectivity index (χ2n) is 5.88. The lowest BCUT2D eigenvalue weighted by molar-refractivity contribution is -0.137. The molecule has 0 aliphatic rings. The predicted octanol–water partition coefficient (Wildman–Crippen LogP) is 3.40. The highest BCUT2D eigenvalue weighted by molar-refractivity contribution is 5.96. The van der Waals surface area contributed by atoms with Gasteiger partial charge in [0.25, 0.3) is 5.91 Å². The Morgan fingerprint density at radius 1 is 0.931 bits per heavy atom. The van der Waals surface area contributed by atoms with Crippen LogP contribution in [0.5, 0.6) is 5.75 Å². The maximum Gasteiger partial charge on any atom is 0.416 e. The highest BCUT2D eigenvalue weighted by Gasteiger charge is 2.30. The maximum atomic E-state index is 12.5. The van der Waals surface area contributed by atoms with Gasteiger partial charge in [-0.2, -0.15) is 22.0 Å². The topological polar surface area (TPSA) is 67.4 Å². The molecule has 0 aromatic heterocycles. The molecule has 0 bridgehead atoms. The lowest BCUT2D eigenvalue weighted by atomic mass is 10.1. The number of rotatable bonds is 8. The van der Waals surface area contributed by atoms with Crippen LogP contribution in [0.15, 0.2) is 48.5 Å². The molecule has 0 fully saturated rings. The van der Waals surface area contributed by atoms with Gasteiger partial charge < -0.3 is 15.4 Å². The molecule has 29 heavy (non-hydrogen) atoms. The van der Waals surface area contributed by atoms with Crippen molar-refractivity contribution < 1.29 is 36.3 Å². The highest BCUT2D eigenvalue weighted by Crippen LogP contribution is 2.29. The molecule has 5 nitrogen and oxygen atoms in total. The van der Waals surface area contributed by atoms with Gasteiger partial charge in [0.15, 0.2) is 0 Å². The molecule has 0 atom stereocenters. The first-order chi connectivity index (χ1) is 13.6. The van der Waals surface area contributed by atoms with E-state index in [0.717, 1.165) is 29.8 Å². The fraction of sp³-hybridized carbons (Fsp3) is 0.263. The van der Waals surface area contributed by atoms with E-state index in [1.165, 1.54) is 12.1 Å². The molecule has 0 radical (unpaired) electrons. The Morgan fingerprint density at radius 2 is 1.55 bits per heavy atom. The number of hydrogen-bond acceptors (Lipinski definition) is 3. The minimum atomic E-state index is -4.49. The highest BCUT2D eigenvalue weighted by atomic mass is 19.4. The van der Waals surface area contributed by atoms with E-state index in [-0.39, 0.29) is 24.4 Å². The van der Waals surface area contributed by atoms with Crippen LogP contribution in [0, 0.1) is 0 Å². The van der Waals surface area contributed by atoms with Crippen molar-refractivity contribution in [2.75, 3.05) is 13.1 Å². The molecular formula is C19H17F5N2O3. The van der Waals surface area contributed by atoms with Crippen molar-refractivity contribution in [3.63, 3.8) is 0 Å². The van der Waals surface area contributed by atoms with E-state index in [2.05, 4.69) is 15.4 Å². The third-order valence-electron chi connectivity index (χ3n) is 3.77. The standard InChI is InChI=1S/C19H17F5N2O3/c20-18(21)29-15-7-1-12(2-8-15)9-10-25-16(27)11-26-17(28)13-3-5-14(6-4-13)19(22,23)24/h1-8,18H,9-11H2,(H,25,27)(H,26,28). The molecule has 2 aromatic rings. The van der Waals surface area contributed by atoms with Crippen molar-refractivity contribution in [3.05, 3.63) is 65.2 Å². The average Bonchev–Trinajstić information content (AvgIpc) is 2.66. The zero-order valence-corrected chi connectivity index (χ0v) is 14.9. The van der Waals surface area contributed by atoms with Crippen molar-refractivity contribution in [3.8, 4) is 5.75 Å². The third kappa shape index (κ3) is 7.40. The predicted molar refractivity (Wildman–Crippen MR) is 93.6 cm³/mol. The summed E-state index contributed by atoms with van der Waals surface area (Å²) in [6.45, 7) is -3.01. The molecule has 2 amide bonds. The molecule has 0 aliphatic heterocycles. The summed E-state index contributed by atoms with van der Waals surface area (Å²) >= 11 is 0. The van der Waals surface area contributed by atoms with Crippen LogP contribution in [-0.2, 0) is 17.4 Å². The number of nitrogens with one attached hydrogen (secondary N) is 2. The van der Waals surface area contributed by atoms with E-state index in [0.29, 0.717) is 6.42 Å². The Kier molecular flexibility index (Phi) is 7.52. The van der Waals surface area contributed by atoms with E-state index in [1.54, 1.807) is 12.1 Å². The summed E-state index contributed by atoms with van der Waals surface area (Å²) in [5, 5.41) is 4.87. The molecule has 0 heterocycles. The van der Waals surface area contributed by atoms with E-state index < -0.39 is 30.2 Å². The van der Waals surface area contributed by atoms with Gasteiger partial charge in [-0.1, -0.05) is 12.1 Å². The molecule has 2 aromatic carbocycles. The number of hydrogen-bond donors (Lipinski definition) is 2. The first-order valence-corrected chi connectivity index (χ1v) is 8.41. The molecule has 0 aliphatic carbocycles.